The molecule has 0 unspecified atom stereocenters. The van der Waals surface area contributed by atoms with Gasteiger partial charge in [-0.2, -0.15) is 0 Å². The molecule has 7 aliphatic rings. The largest absolute Gasteiger partial charge is 0.508 e. The molecule has 0 spiro atoms. The van der Waals surface area contributed by atoms with Crippen molar-refractivity contribution in [2.75, 3.05) is 7.05 Å². The van der Waals surface area contributed by atoms with Crippen LogP contribution in [-0.4, -0.2) is 46.6 Å². The Morgan fingerprint density at radius 1 is 1.04 bits per heavy atom. The number of phenols is 1. The SMILES string of the molecule is CNCc1cc(O)cc([C@H]2C(=O)[C@@]3(C)CC=C[C@@H]2[C@@]2(C)[C@H]4CCC5=C([C@H](C)C[C@@H](O)[C@H]6OC6(C)C)C(=O)C[C@]5(C)[C@@]4(C)CC[C@H]23)c1. The van der Waals surface area contributed by atoms with E-state index in [2.05, 4.69) is 58.2 Å². The summed E-state index contributed by atoms with van der Waals surface area (Å²) in [6.07, 6.45) is 9.66. The Morgan fingerprint density at radius 2 is 1.76 bits per heavy atom. The zero-order valence-electron chi connectivity index (χ0n) is 29.2. The number of ketones is 2. The average Bonchev–Trinajstić information content (AvgIpc) is 3.58. The maximum Gasteiger partial charge on any atom is 0.159 e. The van der Waals surface area contributed by atoms with E-state index in [0.717, 1.165) is 48.8 Å². The van der Waals surface area contributed by atoms with Crippen molar-refractivity contribution in [1.82, 2.24) is 5.32 Å². The van der Waals surface area contributed by atoms with Crippen LogP contribution in [0.4, 0.5) is 0 Å². The number of epoxide rings is 1. The topological polar surface area (TPSA) is 99.2 Å². The molecule has 6 heteroatoms. The monoisotopic (exact) mass is 629 g/mol. The van der Waals surface area contributed by atoms with E-state index in [4.69, 9.17) is 4.74 Å². The number of hydrogen-bond acceptors (Lipinski definition) is 6. The van der Waals surface area contributed by atoms with Crippen LogP contribution < -0.4 is 5.32 Å². The molecule has 1 aromatic carbocycles. The quantitative estimate of drug-likeness (QED) is 0.221. The van der Waals surface area contributed by atoms with Crippen molar-refractivity contribution < 1.29 is 24.5 Å². The molecule has 3 N–H and O–H groups in total. The van der Waals surface area contributed by atoms with Crippen LogP contribution in [0.25, 0.3) is 0 Å². The molecule has 1 aliphatic heterocycles. The van der Waals surface area contributed by atoms with Gasteiger partial charge in [-0.3, -0.25) is 9.59 Å². The van der Waals surface area contributed by atoms with Gasteiger partial charge in [0.05, 0.1) is 17.6 Å². The summed E-state index contributed by atoms with van der Waals surface area (Å²) >= 11 is 0. The van der Waals surface area contributed by atoms with Crippen LogP contribution >= 0.6 is 0 Å². The van der Waals surface area contributed by atoms with Crippen molar-refractivity contribution in [2.45, 2.75) is 124 Å². The summed E-state index contributed by atoms with van der Waals surface area (Å²) in [5, 5.41) is 25.0. The minimum Gasteiger partial charge on any atom is -0.508 e. The lowest BCUT2D eigenvalue weighted by Gasteiger charge is -2.70. The fourth-order valence-corrected chi connectivity index (χ4v) is 12.5. The zero-order valence-corrected chi connectivity index (χ0v) is 29.2. The third-order valence-corrected chi connectivity index (χ3v) is 14.8. The van der Waals surface area contributed by atoms with Crippen molar-refractivity contribution in [3.63, 3.8) is 0 Å². The Kier molecular flexibility index (Phi) is 7.27. The van der Waals surface area contributed by atoms with E-state index in [1.165, 1.54) is 5.57 Å². The first-order valence-electron chi connectivity index (χ1n) is 17.8. The molecule has 2 bridgehead atoms. The maximum absolute atomic E-state index is 14.7. The minimum absolute atomic E-state index is 0.0123. The third kappa shape index (κ3) is 4.24. The van der Waals surface area contributed by atoms with Gasteiger partial charge >= 0.3 is 0 Å². The number of nitrogens with one attached hydrogen (secondary N) is 1. The van der Waals surface area contributed by atoms with Gasteiger partial charge in [0, 0.05) is 23.8 Å². The first kappa shape index (κ1) is 32.3. The number of carbonyl (C=O) groups is 2. The highest BCUT2D eigenvalue weighted by Crippen LogP contribution is 2.77. The number of aromatic hydroxyl groups is 1. The third-order valence-electron chi connectivity index (χ3n) is 14.8. The number of carbonyl (C=O) groups excluding carboxylic acids is 2. The van der Waals surface area contributed by atoms with Crippen LogP contribution in [0.1, 0.15) is 110 Å². The molecule has 8 rings (SSSR count). The molecule has 1 saturated heterocycles. The standard InChI is InChI=1S/C40H55NO5/c1-22(16-28(43)35-36(2,3)46-35)32-26-11-12-31-38(5,39(26,6)20-29(32)44)15-13-30-37(4)14-9-10-27(40(30,31)7)33(34(37)45)24-17-23(21-41-8)18-25(42)19-24/h9-10,17-19,22,27-28,30-31,33,35,41-43H,11-16,20-21H2,1-8H3/t22-,27+,28-,30+,31+,33-,35-,37+,38+,39+,40-/m1/s1. The Hall–Kier alpha value is -2.28. The normalized spacial score (nSPS) is 43.5. The van der Waals surface area contributed by atoms with Crippen LogP contribution in [0.3, 0.4) is 0 Å². The van der Waals surface area contributed by atoms with Gasteiger partial charge in [-0.15, -0.1) is 0 Å². The molecule has 6 aliphatic carbocycles. The lowest BCUT2D eigenvalue weighted by Crippen LogP contribution is -2.66. The fraction of sp³-hybridized carbons (Fsp3) is 0.700. The lowest BCUT2D eigenvalue weighted by molar-refractivity contribution is -0.196. The predicted octanol–water partition coefficient (Wildman–Crippen LogP) is 7.03. The fourth-order valence-electron chi connectivity index (χ4n) is 12.5. The van der Waals surface area contributed by atoms with E-state index in [-0.39, 0.29) is 63.2 Å². The Morgan fingerprint density at radius 3 is 2.43 bits per heavy atom. The van der Waals surface area contributed by atoms with Crippen molar-refractivity contribution in [3.8, 4) is 5.75 Å². The maximum atomic E-state index is 14.7. The van der Waals surface area contributed by atoms with Crippen molar-refractivity contribution >= 4 is 11.6 Å². The van der Waals surface area contributed by atoms with Crippen LogP contribution in [0.5, 0.6) is 5.75 Å². The summed E-state index contributed by atoms with van der Waals surface area (Å²) in [7, 11) is 1.90. The summed E-state index contributed by atoms with van der Waals surface area (Å²) in [6, 6.07) is 5.75. The molecular weight excluding hydrogens is 574 g/mol. The number of aliphatic hydroxyl groups excluding tert-OH is 1. The summed E-state index contributed by atoms with van der Waals surface area (Å²) < 4.78 is 5.75. The predicted molar refractivity (Wildman–Crippen MR) is 179 cm³/mol. The highest BCUT2D eigenvalue weighted by atomic mass is 16.6. The number of rotatable bonds is 7. The molecule has 46 heavy (non-hydrogen) atoms. The number of aliphatic hydroxyl groups is 1. The van der Waals surface area contributed by atoms with Gasteiger partial charge in [-0.05, 0) is 123 Å². The molecule has 0 radical (unpaired) electrons. The number of benzene rings is 1. The molecular formula is C40H55NO5. The summed E-state index contributed by atoms with van der Waals surface area (Å²) in [6.45, 7) is 16.3. The number of hydrogen-bond donors (Lipinski definition) is 3. The van der Waals surface area contributed by atoms with Gasteiger partial charge in [-0.25, -0.2) is 0 Å². The van der Waals surface area contributed by atoms with E-state index in [0.29, 0.717) is 31.1 Å². The first-order chi connectivity index (χ1) is 21.5. The number of ether oxygens (including phenoxy) is 1. The second kappa shape index (κ2) is 10.4. The second-order valence-corrected chi connectivity index (χ2v) is 17.5. The molecule has 1 aromatic rings. The number of phenolic OH excluding ortho intramolecular Hbond substituents is 1. The molecule has 1 heterocycles. The van der Waals surface area contributed by atoms with Gasteiger partial charge in [0.1, 0.15) is 17.6 Å². The van der Waals surface area contributed by atoms with Gasteiger partial charge in [0.25, 0.3) is 0 Å². The van der Waals surface area contributed by atoms with Crippen molar-refractivity contribution in [2.24, 2.45) is 45.3 Å². The number of allylic oxidation sites excluding steroid dienone is 4. The van der Waals surface area contributed by atoms with E-state index in [1.807, 2.05) is 27.0 Å². The zero-order chi connectivity index (χ0) is 33.2. The van der Waals surface area contributed by atoms with Crippen LogP contribution in [-0.2, 0) is 20.9 Å². The van der Waals surface area contributed by atoms with Crippen LogP contribution in [0.2, 0.25) is 0 Å². The van der Waals surface area contributed by atoms with E-state index >= 15 is 0 Å². The van der Waals surface area contributed by atoms with Gasteiger partial charge in [0.2, 0.25) is 0 Å². The molecule has 3 saturated carbocycles. The van der Waals surface area contributed by atoms with Crippen LogP contribution in [0.15, 0.2) is 41.5 Å². The first-order valence-corrected chi connectivity index (χ1v) is 17.8. The van der Waals surface area contributed by atoms with Gasteiger partial charge in [-0.1, -0.05) is 58.4 Å². The lowest BCUT2D eigenvalue weighted by atomic mass is 9.33. The van der Waals surface area contributed by atoms with Crippen molar-refractivity contribution in [1.29, 1.82) is 0 Å². The Labute approximate surface area is 275 Å². The van der Waals surface area contributed by atoms with E-state index in [1.54, 1.807) is 6.07 Å². The van der Waals surface area contributed by atoms with Crippen molar-refractivity contribution in [3.05, 3.63) is 52.6 Å². The second-order valence-electron chi connectivity index (χ2n) is 17.5. The van der Waals surface area contributed by atoms with E-state index < -0.39 is 11.5 Å². The Bertz CT molecular complexity index is 1540. The number of fused-ring (bicyclic) bond motifs is 5. The molecule has 11 atom stereocenters. The van der Waals surface area contributed by atoms with E-state index in [9.17, 15) is 19.8 Å². The summed E-state index contributed by atoms with van der Waals surface area (Å²) in [4.78, 5) is 28.8. The molecule has 4 fully saturated rings. The smallest absolute Gasteiger partial charge is 0.159 e. The van der Waals surface area contributed by atoms with Gasteiger partial charge < -0.3 is 20.3 Å². The molecule has 6 nitrogen and oxygen atoms in total. The average molecular weight is 630 g/mol. The summed E-state index contributed by atoms with van der Waals surface area (Å²) in [5.41, 5.74) is 2.99. The highest BCUT2D eigenvalue weighted by molar-refractivity contribution is 6.00. The highest BCUT2D eigenvalue weighted by Gasteiger charge is 2.72. The molecule has 0 amide bonds. The summed E-state index contributed by atoms with van der Waals surface area (Å²) in [5.74, 6) is 1.12. The van der Waals surface area contributed by atoms with Gasteiger partial charge in [0.15, 0.2) is 5.78 Å². The minimum atomic E-state index is -0.575. The Balaban J connectivity index is 1.28. The number of Topliss-reactive ketones (excluding diaryl/α,β-unsaturated/α-hetero) is 2. The molecule has 250 valence electrons. The van der Waals surface area contributed by atoms with Crippen LogP contribution in [0, 0.1) is 45.3 Å². The molecule has 0 aromatic heterocycles.